The van der Waals surface area contributed by atoms with Gasteiger partial charge >= 0.3 is 11.9 Å². The van der Waals surface area contributed by atoms with Crippen molar-refractivity contribution in [2.75, 3.05) is 13.7 Å². The van der Waals surface area contributed by atoms with Crippen molar-refractivity contribution in [1.29, 1.82) is 0 Å². The van der Waals surface area contributed by atoms with Crippen LogP contribution >= 0.6 is 12.2 Å². The van der Waals surface area contributed by atoms with Crippen LogP contribution in [-0.4, -0.2) is 50.3 Å². The molecule has 0 amide bonds. The van der Waals surface area contributed by atoms with E-state index in [1.54, 1.807) is 18.3 Å². The van der Waals surface area contributed by atoms with Crippen molar-refractivity contribution in [3.05, 3.63) is 82.4 Å². The number of nitrogens with one attached hydrogen (secondary N) is 1. The Kier molecular flexibility index (Phi) is 6.88. The highest BCUT2D eigenvalue weighted by atomic mass is 32.1. The molecule has 0 aliphatic carbocycles. The van der Waals surface area contributed by atoms with Crippen molar-refractivity contribution >= 4 is 29.3 Å². The van der Waals surface area contributed by atoms with Crippen molar-refractivity contribution in [1.82, 2.24) is 19.8 Å². The van der Waals surface area contributed by atoms with Crippen LogP contribution in [0.5, 0.6) is 0 Å². The Morgan fingerprint density at radius 1 is 1.17 bits per heavy atom. The maximum atomic E-state index is 11.9. The number of carbonyl (C=O) groups excluding carboxylic acids is 1. The molecule has 0 saturated carbocycles. The van der Waals surface area contributed by atoms with E-state index in [2.05, 4.69) is 20.9 Å². The van der Waals surface area contributed by atoms with Gasteiger partial charge in [0, 0.05) is 29.8 Å². The van der Waals surface area contributed by atoms with Crippen molar-refractivity contribution in [2.24, 2.45) is 0 Å². The first kappa shape index (κ1) is 24.4. The molecule has 3 heterocycles. The molecular weight excluding hydrogens is 464 g/mol. The van der Waals surface area contributed by atoms with Crippen LogP contribution in [-0.2, 0) is 9.53 Å². The minimum absolute atomic E-state index is 0.197. The van der Waals surface area contributed by atoms with Crippen LogP contribution in [0, 0.1) is 20.8 Å². The molecule has 3 aromatic rings. The number of hydrogen-bond acceptors (Lipinski definition) is 5. The molecule has 2 aromatic heterocycles. The Hall–Kier alpha value is -3.72. The van der Waals surface area contributed by atoms with E-state index < -0.39 is 5.97 Å². The fourth-order valence-electron chi connectivity index (χ4n) is 4.74. The van der Waals surface area contributed by atoms with Crippen molar-refractivity contribution < 1.29 is 19.4 Å². The van der Waals surface area contributed by atoms with Gasteiger partial charge in [0.25, 0.3) is 0 Å². The first-order valence-electron chi connectivity index (χ1n) is 11.3. The molecule has 1 aromatic carbocycles. The first-order valence-corrected chi connectivity index (χ1v) is 11.7. The number of carbonyl (C=O) groups is 2. The standard InChI is InChI=1S/C26H28N4O4S/c1-15-8-9-18(25(32)33)14-21(15)30-16(2)13-19(17(30)3)24-23(20-7-5-6-11-27-20)28-26(35)29(24)12-10-22(31)34-4/h5-9,11,13-14,23-24H,10,12H2,1-4H3,(H,28,35)(H,32,33)/t23-,24-/m0/s1. The van der Waals surface area contributed by atoms with Gasteiger partial charge in [0.15, 0.2) is 5.11 Å². The summed E-state index contributed by atoms with van der Waals surface area (Å²) in [5.74, 6) is -1.28. The Morgan fingerprint density at radius 2 is 1.94 bits per heavy atom. The average molecular weight is 493 g/mol. The minimum Gasteiger partial charge on any atom is -0.478 e. The zero-order valence-electron chi connectivity index (χ0n) is 20.1. The van der Waals surface area contributed by atoms with Gasteiger partial charge in [0.1, 0.15) is 0 Å². The molecule has 2 N–H and O–H groups in total. The molecular formula is C26H28N4O4S. The molecule has 2 atom stereocenters. The topological polar surface area (TPSA) is 96.7 Å². The summed E-state index contributed by atoms with van der Waals surface area (Å²) in [6, 6.07) is 12.6. The van der Waals surface area contributed by atoms with E-state index in [9.17, 15) is 14.7 Å². The van der Waals surface area contributed by atoms with E-state index in [4.69, 9.17) is 17.0 Å². The van der Waals surface area contributed by atoms with E-state index in [-0.39, 0.29) is 30.0 Å². The molecule has 1 fully saturated rings. The number of nitrogens with zero attached hydrogens (tertiary/aromatic N) is 3. The van der Waals surface area contributed by atoms with Gasteiger partial charge in [-0.05, 0) is 74.4 Å². The van der Waals surface area contributed by atoms with Gasteiger partial charge in [0.2, 0.25) is 0 Å². The number of thiocarbonyl (C=S) groups is 1. The van der Waals surface area contributed by atoms with Crippen molar-refractivity contribution in [3.63, 3.8) is 0 Å². The summed E-state index contributed by atoms with van der Waals surface area (Å²) < 4.78 is 6.93. The largest absolute Gasteiger partial charge is 0.478 e. The molecule has 0 unspecified atom stereocenters. The van der Waals surface area contributed by atoms with E-state index in [0.29, 0.717) is 11.7 Å². The molecule has 0 radical (unpaired) electrons. The zero-order valence-corrected chi connectivity index (χ0v) is 20.9. The molecule has 9 heteroatoms. The SMILES string of the molecule is COC(=O)CCN1C(=S)N[C@@H](c2ccccn2)[C@@H]1c1cc(C)n(-c2cc(C(=O)O)ccc2C)c1C. The number of pyridine rings is 1. The van der Waals surface area contributed by atoms with Crippen LogP contribution in [0.3, 0.4) is 0 Å². The lowest BCUT2D eigenvalue weighted by molar-refractivity contribution is -0.140. The molecule has 8 nitrogen and oxygen atoms in total. The summed E-state index contributed by atoms with van der Waals surface area (Å²) in [6.07, 6.45) is 1.94. The van der Waals surface area contributed by atoms with Crippen LogP contribution in [0.2, 0.25) is 0 Å². The second-order valence-corrected chi connectivity index (χ2v) is 9.00. The third-order valence-corrected chi connectivity index (χ3v) is 6.82. The quantitative estimate of drug-likeness (QED) is 0.377. The number of aryl methyl sites for hydroxylation is 2. The van der Waals surface area contributed by atoms with Gasteiger partial charge in [0.05, 0.1) is 36.9 Å². The summed E-state index contributed by atoms with van der Waals surface area (Å²) in [6.45, 7) is 6.37. The fraction of sp³-hybridized carbons (Fsp3) is 0.308. The second-order valence-electron chi connectivity index (χ2n) is 8.61. The van der Waals surface area contributed by atoms with Gasteiger partial charge in [-0.15, -0.1) is 0 Å². The number of benzene rings is 1. The first-order chi connectivity index (χ1) is 16.7. The number of carboxylic acid groups (broad SMARTS) is 1. The molecule has 1 aliphatic rings. The average Bonchev–Trinajstić information content (AvgIpc) is 3.32. The van der Waals surface area contributed by atoms with Crippen LogP contribution in [0.1, 0.15) is 57.1 Å². The molecule has 1 aliphatic heterocycles. The Balaban J connectivity index is 1.83. The van der Waals surface area contributed by atoms with Gasteiger partial charge in [-0.3, -0.25) is 9.78 Å². The maximum absolute atomic E-state index is 11.9. The lowest BCUT2D eigenvalue weighted by atomic mass is 9.96. The summed E-state index contributed by atoms with van der Waals surface area (Å²) in [4.78, 5) is 30.1. The molecule has 182 valence electrons. The number of esters is 1. The highest BCUT2D eigenvalue weighted by Gasteiger charge is 2.41. The predicted molar refractivity (Wildman–Crippen MR) is 136 cm³/mol. The normalized spacial score (nSPS) is 17.4. The Morgan fingerprint density at radius 3 is 2.60 bits per heavy atom. The Bertz CT molecular complexity index is 1290. The number of aromatic carboxylic acids is 1. The van der Waals surface area contributed by atoms with Crippen LogP contribution < -0.4 is 5.32 Å². The number of aromatic nitrogens is 2. The number of methoxy groups -OCH3 is 1. The van der Waals surface area contributed by atoms with Gasteiger partial charge in [-0.25, -0.2) is 4.79 Å². The third-order valence-electron chi connectivity index (χ3n) is 6.47. The monoisotopic (exact) mass is 492 g/mol. The van der Waals surface area contributed by atoms with Crippen LogP contribution in [0.15, 0.2) is 48.7 Å². The fourth-order valence-corrected chi connectivity index (χ4v) is 5.07. The van der Waals surface area contributed by atoms with E-state index in [1.165, 1.54) is 7.11 Å². The number of ether oxygens (including phenoxy) is 1. The molecule has 0 bridgehead atoms. The second kappa shape index (κ2) is 9.87. The van der Waals surface area contributed by atoms with E-state index in [1.807, 2.05) is 49.9 Å². The summed E-state index contributed by atoms with van der Waals surface area (Å²) in [5, 5.41) is 13.5. The summed E-state index contributed by atoms with van der Waals surface area (Å²) >= 11 is 5.69. The van der Waals surface area contributed by atoms with Crippen molar-refractivity contribution in [2.45, 2.75) is 39.3 Å². The molecule has 1 saturated heterocycles. The lowest BCUT2D eigenvalue weighted by Gasteiger charge is -2.28. The van der Waals surface area contributed by atoms with Crippen molar-refractivity contribution in [3.8, 4) is 5.69 Å². The number of hydrogen-bond donors (Lipinski definition) is 2. The molecule has 0 spiro atoms. The highest BCUT2D eigenvalue weighted by Crippen LogP contribution is 2.41. The minimum atomic E-state index is -0.969. The van der Waals surface area contributed by atoms with Gasteiger partial charge in [-0.2, -0.15) is 0 Å². The Labute approximate surface area is 209 Å². The van der Waals surface area contributed by atoms with E-state index in [0.717, 1.165) is 33.9 Å². The predicted octanol–water partition coefficient (Wildman–Crippen LogP) is 4.03. The maximum Gasteiger partial charge on any atom is 0.335 e. The number of rotatable bonds is 7. The lowest BCUT2D eigenvalue weighted by Crippen LogP contribution is -2.32. The van der Waals surface area contributed by atoms with E-state index >= 15 is 0 Å². The third kappa shape index (κ3) is 4.64. The number of carboxylic acids is 1. The summed E-state index contributed by atoms with van der Waals surface area (Å²) in [7, 11) is 1.37. The van der Waals surface area contributed by atoms with Gasteiger partial charge in [-0.1, -0.05) is 12.1 Å². The molecule has 35 heavy (non-hydrogen) atoms. The van der Waals surface area contributed by atoms with Gasteiger partial charge < -0.3 is 24.6 Å². The summed E-state index contributed by atoms with van der Waals surface area (Å²) in [5.41, 5.74) is 5.81. The smallest absolute Gasteiger partial charge is 0.335 e. The molecule has 4 rings (SSSR count). The zero-order chi connectivity index (χ0) is 25.3. The van der Waals surface area contributed by atoms with Crippen LogP contribution in [0.4, 0.5) is 0 Å². The van der Waals surface area contributed by atoms with Crippen LogP contribution in [0.25, 0.3) is 5.69 Å². The highest BCUT2D eigenvalue weighted by molar-refractivity contribution is 7.80.